The second kappa shape index (κ2) is 23.1. The van der Waals surface area contributed by atoms with E-state index in [9.17, 15) is 0 Å². The van der Waals surface area contributed by atoms with Gasteiger partial charge in [-0.25, -0.2) is 0 Å². The maximum absolute atomic E-state index is 5.19. The maximum atomic E-state index is 5.19. The Labute approximate surface area is 168 Å². The van der Waals surface area contributed by atoms with Gasteiger partial charge in [-0.05, 0) is 37.3 Å². The summed E-state index contributed by atoms with van der Waals surface area (Å²) in [5.41, 5.74) is 0. The first-order valence-electron chi connectivity index (χ1n) is 8.98. The highest BCUT2D eigenvalue weighted by Gasteiger charge is 1.96. The molecule has 0 heterocycles. The average molecular weight is 413 g/mol. The van der Waals surface area contributed by atoms with Gasteiger partial charge in [0.25, 0.3) is 0 Å². The molecule has 0 aromatic heterocycles. The lowest BCUT2D eigenvalue weighted by Crippen LogP contribution is -2.37. The second-order valence-electron chi connectivity index (χ2n) is 4.72. The summed E-state index contributed by atoms with van der Waals surface area (Å²) in [7, 11) is 3.72. The van der Waals surface area contributed by atoms with Crippen molar-refractivity contribution in [3.8, 4) is 0 Å². The van der Waals surface area contributed by atoms with E-state index in [1.165, 1.54) is 12.8 Å². The summed E-state index contributed by atoms with van der Waals surface area (Å²) >= 11 is 10.4. The Hall–Kier alpha value is 0.0800. The van der Waals surface area contributed by atoms with Crippen LogP contribution in [-0.4, -0.2) is 47.9 Å². The topological polar surface area (TPSA) is 48.1 Å². The lowest BCUT2D eigenvalue weighted by molar-refractivity contribution is 0.743. The molecule has 0 aliphatic rings. The maximum Gasteiger partial charge on any atom is 0.166 e. The van der Waals surface area contributed by atoms with Gasteiger partial charge in [-0.15, -0.1) is 0 Å². The molecule has 0 aliphatic heterocycles. The molecule has 0 saturated heterocycles. The van der Waals surface area contributed by atoms with Gasteiger partial charge in [-0.2, -0.15) is 0 Å². The van der Waals surface area contributed by atoms with E-state index in [1.807, 2.05) is 35.4 Å². The summed E-state index contributed by atoms with van der Waals surface area (Å²) in [5.74, 6) is 2.08. The van der Waals surface area contributed by atoms with Crippen LogP contribution in [0.15, 0.2) is 0 Å². The van der Waals surface area contributed by atoms with Gasteiger partial charge in [-0.1, -0.05) is 62.1 Å². The van der Waals surface area contributed by atoms with Crippen LogP contribution in [0.25, 0.3) is 0 Å². The molecule has 0 atom stereocenters. The fourth-order valence-electron chi connectivity index (χ4n) is 1.41. The predicted molar refractivity (Wildman–Crippen MR) is 123 cm³/mol. The molecule has 0 aromatic carbocycles. The highest BCUT2D eigenvalue weighted by atomic mass is 33.1. The van der Waals surface area contributed by atoms with Crippen molar-refractivity contribution in [2.24, 2.45) is 0 Å². The van der Waals surface area contributed by atoms with Gasteiger partial charge in [0.2, 0.25) is 0 Å². The zero-order valence-corrected chi connectivity index (χ0v) is 19.0. The summed E-state index contributed by atoms with van der Waals surface area (Å²) < 4.78 is 0. The molecule has 0 radical (unpaired) electrons. The van der Waals surface area contributed by atoms with Gasteiger partial charge in [-0.3, -0.25) is 0 Å². The van der Waals surface area contributed by atoms with Crippen molar-refractivity contribution in [2.75, 3.05) is 37.7 Å². The van der Waals surface area contributed by atoms with Gasteiger partial charge in [0.05, 0.1) is 0 Å². The largest absolute Gasteiger partial charge is 0.363 e. The number of hydrogen-bond acceptors (Lipinski definition) is 4. The summed E-state index contributed by atoms with van der Waals surface area (Å²) in [6, 6.07) is 0. The fourth-order valence-corrected chi connectivity index (χ4v) is 3.63. The Balaban J connectivity index is 0. The molecule has 24 heavy (non-hydrogen) atoms. The van der Waals surface area contributed by atoms with Crippen molar-refractivity contribution in [3.63, 3.8) is 0 Å². The van der Waals surface area contributed by atoms with Crippen molar-refractivity contribution in [3.05, 3.63) is 0 Å². The number of nitrogens with one attached hydrogen (secondary N) is 4. The van der Waals surface area contributed by atoms with E-state index in [1.54, 1.807) is 0 Å². The van der Waals surface area contributed by atoms with Crippen molar-refractivity contribution in [1.29, 1.82) is 0 Å². The Bertz CT molecular complexity index is 263. The molecule has 4 N–H and O–H groups in total. The minimum absolute atomic E-state index is 0.768. The molecule has 4 nitrogen and oxygen atoms in total. The normalized spacial score (nSPS) is 9.50. The molecule has 0 fully saturated rings. The van der Waals surface area contributed by atoms with Crippen molar-refractivity contribution in [1.82, 2.24) is 21.3 Å². The molecule has 0 rings (SSSR count). The fraction of sp³-hybridized carbons (Fsp3) is 0.875. The lowest BCUT2D eigenvalue weighted by atomic mass is 10.3. The first-order chi connectivity index (χ1) is 11.7. The Morgan fingerprint density at radius 3 is 1.33 bits per heavy atom. The van der Waals surface area contributed by atoms with E-state index < -0.39 is 0 Å². The summed E-state index contributed by atoms with van der Waals surface area (Å²) in [6.07, 6.45) is 4.70. The van der Waals surface area contributed by atoms with Crippen LogP contribution in [0, 0.1) is 0 Å². The van der Waals surface area contributed by atoms with Gasteiger partial charge in [0.15, 0.2) is 10.2 Å². The molecule has 0 unspecified atom stereocenters. The van der Waals surface area contributed by atoms with Gasteiger partial charge in [0.1, 0.15) is 0 Å². The molecule has 8 heteroatoms. The minimum Gasteiger partial charge on any atom is -0.363 e. The molecular formula is C16H36N4S4. The molecule has 0 saturated carbocycles. The van der Waals surface area contributed by atoms with Gasteiger partial charge >= 0.3 is 0 Å². The van der Waals surface area contributed by atoms with E-state index in [2.05, 4.69) is 35.1 Å². The van der Waals surface area contributed by atoms with Gasteiger partial charge < -0.3 is 21.3 Å². The summed E-state index contributed by atoms with van der Waals surface area (Å²) in [4.78, 5) is 0. The standard InChI is InChI=1S/C14H30N4S4.C2H6/c1-3-5-7-15-13(19)17-9-11-21-22-12-10-18-14(20)16-8-6-4-2;1-2/h3-12H2,1-2H3,(H2,15,17,19)(H2,16,18,20);1-2H3. The van der Waals surface area contributed by atoms with Crippen LogP contribution in [0.3, 0.4) is 0 Å². The molecule has 0 amide bonds. The molecule has 0 spiro atoms. The molecule has 0 aromatic rings. The average Bonchev–Trinajstić information content (AvgIpc) is 2.59. The number of rotatable bonds is 13. The SMILES string of the molecule is CC.CCCCNC(=S)NCCSSCCNC(=S)NCCCC. The van der Waals surface area contributed by atoms with Crippen LogP contribution in [0.5, 0.6) is 0 Å². The van der Waals surface area contributed by atoms with Crippen LogP contribution in [0.2, 0.25) is 0 Å². The smallest absolute Gasteiger partial charge is 0.166 e. The van der Waals surface area contributed by atoms with Crippen LogP contribution >= 0.6 is 46.0 Å². The van der Waals surface area contributed by atoms with E-state index in [0.717, 1.165) is 60.8 Å². The third kappa shape index (κ3) is 22.1. The lowest BCUT2D eigenvalue weighted by Gasteiger charge is -2.10. The second-order valence-corrected chi connectivity index (χ2v) is 8.24. The monoisotopic (exact) mass is 412 g/mol. The first kappa shape index (κ1) is 26.3. The van der Waals surface area contributed by atoms with E-state index in [0.29, 0.717) is 0 Å². The third-order valence-corrected chi connectivity index (χ3v) is 5.64. The number of hydrogen-bond donors (Lipinski definition) is 4. The predicted octanol–water partition coefficient (Wildman–Crippen LogP) is 3.92. The minimum atomic E-state index is 0.768. The molecule has 0 bridgehead atoms. The molecule has 0 aliphatic carbocycles. The number of unbranched alkanes of at least 4 members (excludes halogenated alkanes) is 2. The first-order valence-corrected chi connectivity index (χ1v) is 12.3. The zero-order valence-electron chi connectivity index (χ0n) is 15.7. The van der Waals surface area contributed by atoms with Crippen LogP contribution in [-0.2, 0) is 0 Å². The number of thiocarbonyl (C=S) groups is 2. The van der Waals surface area contributed by atoms with Crippen LogP contribution in [0.1, 0.15) is 53.4 Å². The quantitative estimate of drug-likeness (QED) is 0.206. The van der Waals surface area contributed by atoms with Crippen molar-refractivity contribution in [2.45, 2.75) is 53.4 Å². The Morgan fingerprint density at radius 2 is 1.00 bits per heavy atom. The summed E-state index contributed by atoms with van der Waals surface area (Å²) in [5, 5.41) is 14.4. The Morgan fingerprint density at radius 1 is 0.667 bits per heavy atom. The van der Waals surface area contributed by atoms with Crippen molar-refractivity contribution >= 4 is 56.2 Å². The van der Waals surface area contributed by atoms with Crippen LogP contribution in [0.4, 0.5) is 0 Å². The van der Waals surface area contributed by atoms with E-state index in [4.69, 9.17) is 24.4 Å². The van der Waals surface area contributed by atoms with E-state index in [-0.39, 0.29) is 0 Å². The van der Waals surface area contributed by atoms with Crippen molar-refractivity contribution < 1.29 is 0 Å². The zero-order chi connectivity index (χ0) is 18.5. The third-order valence-electron chi connectivity index (χ3n) is 2.66. The highest BCUT2D eigenvalue weighted by molar-refractivity contribution is 8.76. The highest BCUT2D eigenvalue weighted by Crippen LogP contribution is 2.19. The van der Waals surface area contributed by atoms with E-state index >= 15 is 0 Å². The Kier molecular flexibility index (Phi) is 25.3. The van der Waals surface area contributed by atoms with Crippen LogP contribution < -0.4 is 21.3 Å². The summed E-state index contributed by atoms with van der Waals surface area (Å²) in [6.45, 7) is 12.1. The molecular weight excluding hydrogens is 376 g/mol. The van der Waals surface area contributed by atoms with Gasteiger partial charge in [0, 0.05) is 37.7 Å². The molecule has 144 valence electrons.